The molecular weight excluding hydrogens is 881 g/mol. The molecule has 0 atom stereocenters. The van der Waals surface area contributed by atoms with Crippen molar-refractivity contribution in [1.82, 2.24) is 0 Å². The van der Waals surface area contributed by atoms with Crippen molar-refractivity contribution in [3.05, 3.63) is 119 Å². The second-order valence-electron chi connectivity index (χ2n) is 18.8. The monoisotopic (exact) mass is 957 g/mol. The number of carbonyl (C=O) groups is 4. The number of carbonyl (C=O) groups excluding carboxylic acids is 4. The number of benzene rings is 4. The van der Waals surface area contributed by atoms with Crippen LogP contribution in [-0.4, -0.2) is 37.1 Å². The van der Waals surface area contributed by atoms with Crippen molar-refractivity contribution >= 4 is 58.8 Å². The van der Waals surface area contributed by atoms with Crippen molar-refractivity contribution in [2.45, 2.75) is 129 Å². The summed E-state index contributed by atoms with van der Waals surface area (Å²) < 4.78 is 21.7. The average Bonchev–Trinajstić information content (AvgIpc) is 3.35. The fourth-order valence-electron chi connectivity index (χ4n) is 9.06. The van der Waals surface area contributed by atoms with E-state index >= 15 is 0 Å². The predicted molar refractivity (Wildman–Crippen MR) is 281 cm³/mol. The second kappa shape index (κ2) is 29.5. The summed E-state index contributed by atoms with van der Waals surface area (Å²) >= 11 is 0. The number of hydrogen-bond acceptors (Lipinski definition) is 12. The first-order valence-electron chi connectivity index (χ1n) is 25.5. The van der Waals surface area contributed by atoms with E-state index in [1.54, 1.807) is 60.7 Å². The highest BCUT2D eigenvalue weighted by atomic mass is 16.5. The van der Waals surface area contributed by atoms with Gasteiger partial charge in [-0.3, -0.25) is 9.59 Å². The van der Waals surface area contributed by atoms with Crippen LogP contribution in [0, 0.1) is 23.7 Å². The lowest BCUT2D eigenvalue weighted by molar-refractivity contribution is -0.141. The van der Waals surface area contributed by atoms with Gasteiger partial charge < -0.3 is 41.9 Å². The minimum absolute atomic E-state index is 0.00430. The maximum atomic E-state index is 12.6. The van der Waals surface area contributed by atoms with E-state index in [1.807, 2.05) is 36.4 Å². The SMILES string of the molecule is CCCCCC1CCC(C(=O)Oc2ccc(/C=C/C(=O)OCCc3ccc(N)cc3N)cc2)CC1.CCCCCC1CCC(C(=O)Oc2ccc(/C=C/C(=O)OCCc3ccc(N)cc3N)cc2)CC1. The van der Waals surface area contributed by atoms with Crippen molar-refractivity contribution in [2.75, 3.05) is 36.1 Å². The molecule has 376 valence electrons. The highest BCUT2D eigenvalue weighted by Gasteiger charge is 2.29. The molecule has 2 aliphatic rings. The number of anilines is 4. The van der Waals surface area contributed by atoms with Crippen LogP contribution in [0.1, 0.15) is 139 Å². The van der Waals surface area contributed by atoms with E-state index in [9.17, 15) is 19.2 Å². The third kappa shape index (κ3) is 19.4. The van der Waals surface area contributed by atoms with Crippen LogP contribution in [0.5, 0.6) is 11.5 Å². The van der Waals surface area contributed by atoms with Gasteiger partial charge in [0.25, 0.3) is 0 Å². The number of unbranched alkanes of at least 4 members (excludes halogenated alkanes) is 4. The summed E-state index contributed by atoms with van der Waals surface area (Å²) in [6.07, 6.45) is 25.6. The largest absolute Gasteiger partial charge is 0.462 e. The molecule has 0 heterocycles. The standard InChI is InChI=1S/2C29H38N2O4/c2*1-2-3-4-5-21-6-11-24(12-7-21)29(33)35-26-15-8-22(9-16-26)10-17-28(32)34-19-18-23-13-14-25(30)20-27(23)31/h2*8-10,13-17,20-21,24H,2-7,11-12,18-19,30-31H2,1H3/b2*17-10+. The molecule has 8 N–H and O–H groups in total. The zero-order valence-electron chi connectivity index (χ0n) is 41.4. The summed E-state index contributed by atoms with van der Waals surface area (Å²) in [4.78, 5) is 49.1. The summed E-state index contributed by atoms with van der Waals surface area (Å²) in [7, 11) is 0. The van der Waals surface area contributed by atoms with Crippen LogP contribution in [-0.2, 0) is 41.5 Å². The maximum absolute atomic E-state index is 12.6. The van der Waals surface area contributed by atoms with Crippen LogP contribution in [0.25, 0.3) is 12.2 Å². The number of nitrogen functional groups attached to an aromatic ring is 4. The van der Waals surface area contributed by atoms with Crippen LogP contribution in [0.3, 0.4) is 0 Å². The van der Waals surface area contributed by atoms with Crippen molar-refractivity contribution in [3.63, 3.8) is 0 Å². The van der Waals surface area contributed by atoms with Gasteiger partial charge in [-0.15, -0.1) is 0 Å². The van der Waals surface area contributed by atoms with Gasteiger partial charge in [0.1, 0.15) is 11.5 Å². The van der Waals surface area contributed by atoms with E-state index < -0.39 is 11.9 Å². The third-order valence-electron chi connectivity index (χ3n) is 13.4. The summed E-state index contributed by atoms with van der Waals surface area (Å²) in [5.74, 6) is 1.45. The summed E-state index contributed by atoms with van der Waals surface area (Å²) in [5, 5.41) is 0. The Morgan fingerprint density at radius 3 is 1.21 bits per heavy atom. The molecule has 70 heavy (non-hydrogen) atoms. The number of nitrogens with two attached hydrogens (primary N) is 4. The zero-order valence-corrected chi connectivity index (χ0v) is 41.4. The molecular formula is C58H76N4O8. The Kier molecular flexibility index (Phi) is 22.9. The van der Waals surface area contributed by atoms with Gasteiger partial charge in [-0.25, -0.2) is 9.59 Å². The lowest BCUT2D eigenvalue weighted by Crippen LogP contribution is -2.25. The first-order valence-corrected chi connectivity index (χ1v) is 25.5. The molecule has 12 heteroatoms. The molecule has 2 aliphatic carbocycles. The molecule has 0 bridgehead atoms. The Labute approximate surface area is 415 Å². The van der Waals surface area contributed by atoms with Crippen LogP contribution < -0.4 is 32.4 Å². The molecule has 2 fully saturated rings. The molecule has 2 saturated carbocycles. The van der Waals surface area contributed by atoms with Gasteiger partial charge in [-0.2, -0.15) is 0 Å². The lowest BCUT2D eigenvalue weighted by atomic mass is 9.80. The van der Waals surface area contributed by atoms with E-state index in [0.717, 1.165) is 85.5 Å². The number of hydrogen-bond donors (Lipinski definition) is 4. The number of ether oxygens (including phenoxy) is 4. The van der Waals surface area contributed by atoms with E-state index in [-0.39, 0.29) is 37.0 Å². The van der Waals surface area contributed by atoms with Gasteiger partial charge in [0.05, 0.1) is 25.0 Å². The molecule has 0 radical (unpaired) electrons. The van der Waals surface area contributed by atoms with E-state index in [1.165, 1.54) is 63.5 Å². The van der Waals surface area contributed by atoms with E-state index in [2.05, 4.69) is 13.8 Å². The second-order valence-corrected chi connectivity index (χ2v) is 18.8. The fraction of sp³-hybridized carbons (Fsp3) is 0.448. The molecule has 0 spiro atoms. The Balaban J connectivity index is 0.000000261. The normalized spacial score (nSPS) is 17.9. The molecule has 0 unspecified atom stereocenters. The van der Waals surface area contributed by atoms with Crippen molar-refractivity contribution < 1.29 is 38.1 Å². The van der Waals surface area contributed by atoms with Crippen molar-refractivity contribution in [2.24, 2.45) is 23.7 Å². The zero-order chi connectivity index (χ0) is 50.1. The van der Waals surface area contributed by atoms with Crippen LogP contribution in [0.4, 0.5) is 22.7 Å². The van der Waals surface area contributed by atoms with Crippen molar-refractivity contribution in [1.29, 1.82) is 0 Å². The van der Waals surface area contributed by atoms with Crippen molar-refractivity contribution in [3.8, 4) is 11.5 Å². The molecule has 0 aliphatic heterocycles. The lowest BCUT2D eigenvalue weighted by Gasteiger charge is -2.27. The average molecular weight is 957 g/mol. The van der Waals surface area contributed by atoms with Crippen LogP contribution in [0.15, 0.2) is 97.1 Å². The highest BCUT2D eigenvalue weighted by molar-refractivity contribution is 5.87. The quantitative estimate of drug-likeness (QED) is 0.0191. The highest BCUT2D eigenvalue weighted by Crippen LogP contribution is 2.34. The van der Waals surface area contributed by atoms with Gasteiger partial charge in [0, 0.05) is 47.7 Å². The molecule has 0 amide bonds. The fourth-order valence-corrected chi connectivity index (χ4v) is 9.06. The van der Waals surface area contributed by atoms with E-state index in [0.29, 0.717) is 47.1 Å². The first-order chi connectivity index (χ1) is 33.9. The molecule has 12 nitrogen and oxygen atoms in total. The first kappa shape index (κ1) is 54.4. The van der Waals surface area contributed by atoms with Gasteiger partial charge in [-0.1, -0.05) is 102 Å². The summed E-state index contributed by atoms with van der Waals surface area (Å²) in [5.41, 5.74) is 29.0. The van der Waals surface area contributed by atoms with E-state index in [4.69, 9.17) is 41.9 Å². The van der Waals surface area contributed by atoms with Gasteiger partial charge in [0.2, 0.25) is 0 Å². The Morgan fingerprint density at radius 2 is 0.871 bits per heavy atom. The number of rotatable bonds is 22. The summed E-state index contributed by atoms with van der Waals surface area (Å²) in [6.45, 7) is 4.92. The third-order valence-corrected chi connectivity index (χ3v) is 13.4. The van der Waals surface area contributed by atoms with Gasteiger partial charge in [-0.05, 0) is 146 Å². The molecule has 6 rings (SSSR count). The smallest absolute Gasteiger partial charge is 0.330 e. The minimum atomic E-state index is -0.431. The number of esters is 4. The molecule has 0 aromatic heterocycles. The van der Waals surface area contributed by atoms with Crippen LogP contribution in [0.2, 0.25) is 0 Å². The maximum Gasteiger partial charge on any atom is 0.330 e. The molecule has 4 aromatic rings. The molecule has 0 saturated heterocycles. The van der Waals surface area contributed by atoms with Gasteiger partial charge >= 0.3 is 23.9 Å². The predicted octanol–water partition coefficient (Wildman–Crippen LogP) is 11.9. The van der Waals surface area contributed by atoms with Crippen LogP contribution >= 0.6 is 0 Å². The Hall–Kier alpha value is -6.56. The Morgan fingerprint density at radius 1 is 0.500 bits per heavy atom. The molecule has 4 aromatic carbocycles. The minimum Gasteiger partial charge on any atom is -0.462 e. The summed E-state index contributed by atoms with van der Waals surface area (Å²) in [6, 6.07) is 24.9. The Bertz CT molecular complexity index is 2150. The van der Waals surface area contributed by atoms with Gasteiger partial charge in [0.15, 0.2) is 0 Å². The topological polar surface area (TPSA) is 209 Å².